The number of dihydropyridines is 1. The van der Waals surface area contributed by atoms with E-state index in [1.54, 1.807) is 24.4 Å². The first-order valence-corrected chi connectivity index (χ1v) is 9.39. The summed E-state index contributed by atoms with van der Waals surface area (Å²) in [6, 6.07) is 10.7. The van der Waals surface area contributed by atoms with Crippen molar-refractivity contribution in [1.29, 1.82) is 0 Å². The monoisotopic (exact) mass is 404 g/mol. The van der Waals surface area contributed by atoms with Gasteiger partial charge < -0.3 is 9.47 Å². The lowest BCUT2D eigenvalue weighted by Gasteiger charge is -2.22. The average molecular weight is 404 g/mol. The Bertz CT molecular complexity index is 1040. The molecule has 0 saturated carbocycles. The zero-order valence-corrected chi connectivity index (χ0v) is 16.0. The van der Waals surface area contributed by atoms with Crippen LogP contribution in [0.2, 0.25) is 0 Å². The van der Waals surface area contributed by atoms with E-state index in [4.69, 9.17) is 14.7 Å². The maximum Gasteiger partial charge on any atom is 0.255 e. The topological polar surface area (TPSA) is 105 Å². The highest BCUT2D eigenvalue weighted by atomic mass is 16.5. The number of amides is 1. The molecule has 4 rings (SSSR count). The van der Waals surface area contributed by atoms with Crippen molar-refractivity contribution >= 4 is 17.9 Å². The molecule has 8 heteroatoms. The van der Waals surface area contributed by atoms with Crippen molar-refractivity contribution in [2.45, 2.75) is 12.5 Å². The van der Waals surface area contributed by atoms with Gasteiger partial charge in [0.15, 0.2) is 11.7 Å². The number of anilines is 1. The Labute approximate surface area is 173 Å². The summed E-state index contributed by atoms with van der Waals surface area (Å²) < 4.78 is 11.7. The van der Waals surface area contributed by atoms with Crippen molar-refractivity contribution in [3.05, 3.63) is 83.9 Å². The van der Waals surface area contributed by atoms with Crippen LogP contribution in [-0.4, -0.2) is 28.9 Å². The minimum absolute atomic E-state index is 0.204. The molecule has 2 aliphatic heterocycles. The van der Waals surface area contributed by atoms with Gasteiger partial charge in [-0.05, 0) is 35.9 Å². The molecule has 2 aromatic rings. The lowest BCUT2D eigenvalue weighted by atomic mass is 10.1. The fourth-order valence-electron chi connectivity index (χ4n) is 2.96. The van der Waals surface area contributed by atoms with Gasteiger partial charge in [-0.15, -0.1) is 0 Å². The Hall–Kier alpha value is -3.91. The van der Waals surface area contributed by atoms with Crippen LogP contribution >= 0.6 is 0 Å². The number of ether oxygens (including phenoxy) is 2. The van der Waals surface area contributed by atoms with E-state index in [1.165, 1.54) is 6.20 Å². The highest BCUT2D eigenvalue weighted by Crippen LogP contribution is 2.28. The van der Waals surface area contributed by atoms with Crippen molar-refractivity contribution in [3.8, 4) is 11.5 Å². The zero-order chi connectivity index (χ0) is 20.8. The third-order valence-corrected chi connectivity index (χ3v) is 4.47. The van der Waals surface area contributed by atoms with Gasteiger partial charge in [-0.3, -0.25) is 25.8 Å². The minimum Gasteiger partial charge on any atom is -0.467 e. The van der Waals surface area contributed by atoms with Gasteiger partial charge in [0.05, 0.1) is 6.54 Å². The highest BCUT2D eigenvalue weighted by molar-refractivity contribution is 5.96. The lowest BCUT2D eigenvalue weighted by molar-refractivity contribution is -0.117. The Morgan fingerprint density at radius 2 is 2.07 bits per heavy atom. The van der Waals surface area contributed by atoms with Crippen LogP contribution in [0.3, 0.4) is 0 Å². The second-order valence-corrected chi connectivity index (χ2v) is 6.56. The molecule has 0 saturated heterocycles. The van der Waals surface area contributed by atoms with Crippen molar-refractivity contribution in [3.63, 3.8) is 0 Å². The molecule has 3 heterocycles. The second kappa shape index (κ2) is 9.06. The van der Waals surface area contributed by atoms with Gasteiger partial charge in [-0.2, -0.15) is 0 Å². The van der Waals surface area contributed by atoms with Crippen LogP contribution in [-0.2, 0) is 9.53 Å². The Morgan fingerprint density at radius 1 is 1.20 bits per heavy atom. The van der Waals surface area contributed by atoms with Crippen molar-refractivity contribution < 1.29 is 19.5 Å². The molecule has 3 N–H and O–H groups in total. The molecule has 0 aliphatic carbocycles. The van der Waals surface area contributed by atoms with E-state index >= 15 is 0 Å². The van der Waals surface area contributed by atoms with E-state index in [1.807, 2.05) is 48.0 Å². The summed E-state index contributed by atoms with van der Waals surface area (Å²) in [5.41, 5.74) is 3.52. The normalized spacial score (nSPS) is 17.4. The van der Waals surface area contributed by atoms with E-state index in [0.29, 0.717) is 41.7 Å². The minimum atomic E-state index is -0.330. The molecular formula is C22H20N4O4. The first kappa shape index (κ1) is 19.4. The molecule has 1 aromatic heterocycles. The molecule has 0 radical (unpaired) electrons. The third-order valence-electron chi connectivity index (χ3n) is 4.47. The van der Waals surface area contributed by atoms with Crippen LogP contribution in [0, 0.1) is 0 Å². The quantitative estimate of drug-likeness (QED) is 0.635. The number of nitrogens with zero attached hydrogens (tertiary/aromatic N) is 2. The number of benzene rings is 1. The summed E-state index contributed by atoms with van der Waals surface area (Å²) in [7, 11) is 0. The number of aliphatic imine (C=N–C) groups is 1. The summed E-state index contributed by atoms with van der Waals surface area (Å²) in [5, 5.41) is 11.7. The molecule has 1 amide bonds. The van der Waals surface area contributed by atoms with Crippen molar-refractivity contribution in [1.82, 2.24) is 10.3 Å². The molecule has 0 spiro atoms. The predicted octanol–water partition coefficient (Wildman–Crippen LogP) is 3.66. The smallest absolute Gasteiger partial charge is 0.255 e. The zero-order valence-electron chi connectivity index (χ0n) is 16.0. The number of allylic oxidation sites excluding steroid dienone is 3. The number of hydrogen-bond acceptors (Lipinski definition) is 7. The number of aromatic nitrogens is 1. The average Bonchev–Trinajstić information content (AvgIpc) is 2.80. The predicted molar refractivity (Wildman–Crippen MR) is 111 cm³/mol. The first-order valence-electron chi connectivity index (χ1n) is 9.39. The molecule has 2 aliphatic rings. The van der Waals surface area contributed by atoms with E-state index < -0.39 is 0 Å². The number of hydrogen-bond donors (Lipinski definition) is 3. The van der Waals surface area contributed by atoms with E-state index in [0.717, 1.165) is 5.56 Å². The molecule has 0 bridgehead atoms. The SMILES string of the molecule is O=C(NC1=CC=CC(c2ccc(Oc3ccnc(NO)c3)cc2)O1)C1=CCC=NC1. The molecule has 8 nitrogen and oxygen atoms in total. The number of carbonyl (C=O) groups excluding carboxylic acids is 1. The third kappa shape index (κ3) is 4.73. The number of nitrogens with one attached hydrogen (secondary N) is 2. The summed E-state index contributed by atoms with van der Waals surface area (Å²) in [4.78, 5) is 20.4. The fraction of sp³-hybridized carbons (Fsp3) is 0.136. The Balaban J connectivity index is 1.37. The molecule has 152 valence electrons. The summed E-state index contributed by atoms with van der Waals surface area (Å²) >= 11 is 0. The molecule has 1 atom stereocenters. The van der Waals surface area contributed by atoms with Gasteiger partial charge in [-0.25, -0.2) is 4.98 Å². The van der Waals surface area contributed by atoms with Crippen molar-refractivity contribution in [2.24, 2.45) is 4.99 Å². The van der Waals surface area contributed by atoms with Crippen LogP contribution in [0.25, 0.3) is 0 Å². The van der Waals surface area contributed by atoms with Gasteiger partial charge in [0, 0.05) is 30.5 Å². The van der Waals surface area contributed by atoms with Gasteiger partial charge in [-0.1, -0.05) is 24.3 Å². The van der Waals surface area contributed by atoms with E-state index in [2.05, 4.69) is 15.3 Å². The highest BCUT2D eigenvalue weighted by Gasteiger charge is 2.18. The molecule has 30 heavy (non-hydrogen) atoms. The molecule has 1 aromatic carbocycles. The summed E-state index contributed by atoms with van der Waals surface area (Å²) in [6.07, 6.45) is 11.0. The van der Waals surface area contributed by atoms with Crippen LogP contribution in [0.5, 0.6) is 11.5 Å². The maximum absolute atomic E-state index is 12.3. The maximum atomic E-state index is 12.3. The van der Waals surface area contributed by atoms with Crippen molar-refractivity contribution in [2.75, 3.05) is 12.0 Å². The van der Waals surface area contributed by atoms with Gasteiger partial charge in [0.25, 0.3) is 5.91 Å². The van der Waals surface area contributed by atoms with E-state index in [-0.39, 0.29) is 12.0 Å². The van der Waals surface area contributed by atoms with Gasteiger partial charge >= 0.3 is 0 Å². The summed E-state index contributed by atoms with van der Waals surface area (Å²) in [5.74, 6) is 1.65. The molecule has 1 unspecified atom stereocenters. The number of pyridine rings is 1. The van der Waals surface area contributed by atoms with Crippen LogP contribution in [0.1, 0.15) is 18.1 Å². The second-order valence-electron chi connectivity index (χ2n) is 6.56. The van der Waals surface area contributed by atoms with E-state index in [9.17, 15) is 4.79 Å². The standard InChI is InChI=1S/C22H20N4O4/c27-22(16-3-2-11-23-14-16)25-21-5-1-4-19(30-21)15-6-8-17(9-7-15)29-18-10-12-24-20(13-18)26-28/h1,3-13,19,28H,2,14H2,(H,24,26)(H,25,27). The molecule has 0 fully saturated rings. The van der Waals surface area contributed by atoms with Gasteiger partial charge in [0.2, 0.25) is 0 Å². The Kier molecular flexibility index (Phi) is 5.86. The number of carbonyl (C=O) groups is 1. The van der Waals surface area contributed by atoms with Crippen LogP contribution < -0.4 is 15.5 Å². The summed E-state index contributed by atoms with van der Waals surface area (Å²) in [6.45, 7) is 0.382. The van der Waals surface area contributed by atoms with Gasteiger partial charge in [0.1, 0.15) is 17.6 Å². The van der Waals surface area contributed by atoms with Crippen LogP contribution in [0.15, 0.2) is 83.3 Å². The first-order chi connectivity index (χ1) is 14.7. The largest absolute Gasteiger partial charge is 0.467 e. The molecular weight excluding hydrogens is 384 g/mol. The fourth-order valence-corrected chi connectivity index (χ4v) is 2.96. The Morgan fingerprint density at radius 3 is 2.83 bits per heavy atom. The number of rotatable bonds is 6. The lowest BCUT2D eigenvalue weighted by Crippen LogP contribution is -2.28. The van der Waals surface area contributed by atoms with Crippen LogP contribution in [0.4, 0.5) is 5.82 Å².